The third-order valence-corrected chi connectivity index (χ3v) is 6.84. The molecule has 1 fully saturated rings. The van der Waals surface area contributed by atoms with E-state index < -0.39 is 17.7 Å². The first-order valence-electron chi connectivity index (χ1n) is 11.3. The van der Waals surface area contributed by atoms with Crippen molar-refractivity contribution < 1.29 is 28.9 Å². The Bertz CT molecular complexity index is 1330. The van der Waals surface area contributed by atoms with Crippen molar-refractivity contribution in [2.75, 3.05) is 18.3 Å². The maximum absolute atomic E-state index is 13.3. The summed E-state index contributed by atoms with van der Waals surface area (Å²) in [6.07, 6.45) is 0. The van der Waals surface area contributed by atoms with Gasteiger partial charge in [-0.25, -0.2) is 0 Å². The summed E-state index contributed by atoms with van der Waals surface area (Å²) < 4.78 is 16.7. The minimum Gasteiger partial charge on any atom is -0.507 e. The largest absolute Gasteiger partial charge is 0.507 e. The molecule has 1 N–H and O–H groups in total. The second-order valence-corrected chi connectivity index (χ2v) is 9.89. The summed E-state index contributed by atoms with van der Waals surface area (Å²) in [5.74, 6) is 0.499. The SMILES string of the molecule is Cc1cc(/C(O)=C2/C(=O)C(=O)N(c3ccc4c(c3)OCO4)C2c2cccs2)ccc1OCC(C)C. The number of ether oxygens (including phenoxy) is 3. The first kappa shape index (κ1) is 23.0. The molecule has 3 heterocycles. The molecular formula is C27H25NO6S. The van der Waals surface area contributed by atoms with E-state index in [1.54, 1.807) is 36.4 Å². The van der Waals surface area contributed by atoms with E-state index in [-0.39, 0.29) is 18.1 Å². The van der Waals surface area contributed by atoms with E-state index in [0.717, 1.165) is 10.4 Å². The number of hydrogen-bond acceptors (Lipinski definition) is 7. The van der Waals surface area contributed by atoms with Crippen LogP contribution in [0.25, 0.3) is 5.76 Å². The van der Waals surface area contributed by atoms with Crippen molar-refractivity contribution in [2.45, 2.75) is 26.8 Å². The number of ketones is 1. The fourth-order valence-corrected chi connectivity index (χ4v) is 5.04. The summed E-state index contributed by atoms with van der Waals surface area (Å²) in [5.41, 5.74) is 1.81. The molecule has 0 saturated carbocycles. The Balaban J connectivity index is 1.59. The topological polar surface area (TPSA) is 85.3 Å². The molecule has 7 nitrogen and oxygen atoms in total. The van der Waals surface area contributed by atoms with Crippen LogP contribution in [0.1, 0.15) is 35.9 Å². The number of nitrogens with zero attached hydrogens (tertiary/aromatic N) is 1. The molecule has 2 aliphatic heterocycles. The lowest BCUT2D eigenvalue weighted by Gasteiger charge is -2.24. The fraction of sp³-hybridized carbons (Fsp3) is 0.259. The summed E-state index contributed by atoms with van der Waals surface area (Å²) in [6, 6.07) is 13.3. The third kappa shape index (κ3) is 4.14. The molecule has 0 radical (unpaired) electrons. The van der Waals surface area contributed by atoms with Crippen LogP contribution in [-0.4, -0.2) is 30.2 Å². The lowest BCUT2D eigenvalue weighted by molar-refractivity contribution is -0.132. The molecule has 1 aromatic heterocycles. The number of aryl methyl sites for hydroxylation is 1. The zero-order valence-corrected chi connectivity index (χ0v) is 20.4. The normalized spacial score (nSPS) is 18.5. The van der Waals surface area contributed by atoms with Gasteiger partial charge >= 0.3 is 0 Å². The van der Waals surface area contributed by atoms with Gasteiger partial charge in [-0.3, -0.25) is 14.5 Å². The Labute approximate surface area is 207 Å². The average molecular weight is 492 g/mol. The molecule has 0 spiro atoms. The number of carbonyl (C=O) groups is 2. The molecule has 2 aromatic carbocycles. The summed E-state index contributed by atoms with van der Waals surface area (Å²) >= 11 is 1.41. The monoisotopic (exact) mass is 491 g/mol. The molecule has 3 aromatic rings. The average Bonchev–Trinajstić information content (AvgIpc) is 3.58. The Morgan fingerprint density at radius 2 is 1.94 bits per heavy atom. The standard InChI is InChI=1S/C27H25NO6S/c1-15(2)13-32-19-8-6-17(11-16(19)3)25(29)23-24(22-5-4-10-35-22)28(27(31)26(23)30)18-7-9-20-21(12-18)34-14-33-20/h4-12,15,24,29H,13-14H2,1-3H3/b25-23-. The van der Waals surface area contributed by atoms with Crippen LogP contribution in [0.4, 0.5) is 5.69 Å². The highest BCUT2D eigenvalue weighted by molar-refractivity contribution is 7.10. The van der Waals surface area contributed by atoms with Gasteiger partial charge in [0.1, 0.15) is 17.6 Å². The number of amides is 1. The highest BCUT2D eigenvalue weighted by Gasteiger charge is 2.47. The number of anilines is 1. The van der Waals surface area contributed by atoms with E-state index in [0.29, 0.717) is 41.0 Å². The number of fused-ring (bicyclic) bond motifs is 1. The van der Waals surface area contributed by atoms with Gasteiger partial charge in [-0.05, 0) is 60.2 Å². The number of carbonyl (C=O) groups excluding carboxylic acids is 2. The van der Waals surface area contributed by atoms with Crippen LogP contribution in [0, 0.1) is 12.8 Å². The van der Waals surface area contributed by atoms with Crippen LogP contribution >= 0.6 is 11.3 Å². The minimum atomic E-state index is -0.771. The molecule has 0 aliphatic carbocycles. The number of hydrogen-bond donors (Lipinski definition) is 1. The van der Waals surface area contributed by atoms with Crippen LogP contribution < -0.4 is 19.1 Å². The van der Waals surface area contributed by atoms with Crippen LogP contribution in [0.2, 0.25) is 0 Å². The van der Waals surface area contributed by atoms with Gasteiger partial charge in [-0.1, -0.05) is 19.9 Å². The maximum atomic E-state index is 13.3. The predicted molar refractivity (Wildman–Crippen MR) is 133 cm³/mol. The van der Waals surface area contributed by atoms with Crippen molar-refractivity contribution >= 4 is 34.5 Å². The van der Waals surface area contributed by atoms with Crippen molar-refractivity contribution in [3.05, 3.63) is 75.5 Å². The van der Waals surface area contributed by atoms with E-state index >= 15 is 0 Å². The summed E-state index contributed by atoms with van der Waals surface area (Å²) in [6.45, 7) is 6.69. The van der Waals surface area contributed by atoms with E-state index in [2.05, 4.69) is 13.8 Å². The quantitative estimate of drug-likeness (QED) is 0.281. The summed E-state index contributed by atoms with van der Waals surface area (Å²) in [5, 5.41) is 13.2. The molecule has 0 bridgehead atoms. The number of thiophene rings is 1. The van der Waals surface area contributed by atoms with Gasteiger partial charge in [0.2, 0.25) is 6.79 Å². The summed E-state index contributed by atoms with van der Waals surface area (Å²) in [7, 11) is 0. The fourth-order valence-electron chi connectivity index (χ4n) is 4.22. The van der Waals surface area contributed by atoms with Gasteiger partial charge in [0, 0.05) is 22.2 Å². The van der Waals surface area contributed by atoms with E-state index in [1.807, 2.05) is 24.4 Å². The smallest absolute Gasteiger partial charge is 0.300 e. The van der Waals surface area contributed by atoms with Gasteiger partial charge < -0.3 is 19.3 Å². The number of rotatable bonds is 6. The third-order valence-electron chi connectivity index (χ3n) is 5.91. The Morgan fingerprint density at radius 3 is 2.66 bits per heavy atom. The lowest BCUT2D eigenvalue weighted by atomic mass is 9.98. The molecule has 35 heavy (non-hydrogen) atoms. The van der Waals surface area contributed by atoms with E-state index in [9.17, 15) is 14.7 Å². The first-order valence-corrected chi connectivity index (χ1v) is 12.2. The van der Waals surface area contributed by atoms with Crippen molar-refractivity contribution in [3.8, 4) is 17.2 Å². The van der Waals surface area contributed by atoms with Crippen molar-refractivity contribution in [3.63, 3.8) is 0 Å². The Morgan fingerprint density at radius 1 is 1.14 bits per heavy atom. The molecule has 1 atom stereocenters. The van der Waals surface area contributed by atoms with Crippen molar-refractivity contribution in [1.29, 1.82) is 0 Å². The highest BCUT2D eigenvalue weighted by atomic mass is 32.1. The molecule has 1 saturated heterocycles. The second kappa shape index (κ2) is 9.11. The van der Waals surface area contributed by atoms with Crippen molar-refractivity contribution in [2.24, 2.45) is 5.92 Å². The predicted octanol–water partition coefficient (Wildman–Crippen LogP) is 5.45. The highest BCUT2D eigenvalue weighted by Crippen LogP contribution is 2.46. The molecule has 1 unspecified atom stereocenters. The van der Waals surface area contributed by atoms with Crippen LogP contribution in [0.5, 0.6) is 17.2 Å². The second-order valence-electron chi connectivity index (χ2n) is 8.91. The molecule has 1 amide bonds. The van der Waals surface area contributed by atoms with Crippen LogP contribution in [0.3, 0.4) is 0 Å². The number of benzene rings is 2. The van der Waals surface area contributed by atoms with Crippen molar-refractivity contribution in [1.82, 2.24) is 0 Å². The zero-order chi connectivity index (χ0) is 24.7. The van der Waals surface area contributed by atoms with E-state index in [1.165, 1.54) is 16.2 Å². The molecule has 180 valence electrons. The van der Waals surface area contributed by atoms with Crippen LogP contribution in [-0.2, 0) is 9.59 Å². The maximum Gasteiger partial charge on any atom is 0.300 e. The zero-order valence-electron chi connectivity index (χ0n) is 19.6. The molecule has 5 rings (SSSR count). The van der Waals surface area contributed by atoms with Gasteiger partial charge in [0.05, 0.1) is 12.2 Å². The van der Waals surface area contributed by atoms with Gasteiger partial charge in [0.25, 0.3) is 11.7 Å². The Hall–Kier alpha value is -3.78. The summed E-state index contributed by atoms with van der Waals surface area (Å²) in [4.78, 5) is 28.7. The molecule has 2 aliphatic rings. The number of aliphatic hydroxyl groups excluding tert-OH is 1. The van der Waals surface area contributed by atoms with Gasteiger partial charge in [-0.15, -0.1) is 11.3 Å². The first-order chi connectivity index (χ1) is 16.8. The van der Waals surface area contributed by atoms with Crippen LogP contribution in [0.15, 0.2) is 59.5 Å². The number of aliphatic hydroxyl groups is 1. The number of Topliss-reactive ketones (excluding diaryl/α,β-unsaturated/α-hetero) is 1. The van der Waals surface area contributed by atoms with Gasteiger partial charge in [0.15, 0.2) is 11.5 Å². The minimum absolute atomic E-state index is 0.0466. The Kier molecular flexibility index (Phi) is 5.98. The lowest BCUT2D eigenvalue weighted by Crippen LogP contribution is -2.29. The molecule has 8 heteroatoms. The van der Waals surface area contributed by atoms with Gasteiger partial charge in [-0.2, -0.15) is 0 Å². The molecular weight excluding hydrogens is 466 g/mol. The van der Waals surface area contributed by atoms with E-state index in [4.69, 9.17) is 14.2 Å².